The fraction of sp³-hybridized carbons (Fsp3) is 0.556. The molecule has 0 aliphatic carbocycles. The van der Waals surface area contributed by atoms with Crippen molar-refractivity contribution in [1.29, 1.82) is 0 Å². The Morgan fingerprint density at radius 2 is 2.17 bits per heavy atom. The molecule has 0 bridgehead atoms. The van der Waals surface area contributed by atoms with Crippen molar-refractivity contribution in [3.8, 4) is 0 Å². The van der Waals surface area contributed by atoms with Crippen LogP contribution in [-0.2, 0) is 18.4 Å². The van der Waals surface area contributed by atoms with Crippen molar-refractivity contribution < 1.29 is 4.79 Å². The summed E-state index contributed by atoms with van der Waals surface area (Å²) in [5, 5.41) is 1.85. The maximum Gasteiger partial charge on any atom is 0.307 e. The maximum atomic E-state index is 12.9. The van der Waals surface area contributed by atoms with E-state index < -0.39 is 0 Å². The molecule has 2 aromatic rings. The van der Waals surface area contributed by atoms with Gasteiger partial charge in [0.2, 0.25) is 5.91 Å². The first-order valence-corrected chi connectivity index (χ1v) is 9.51. The minimum atomic E-state index is 0.0233. The first kappa shape index (κ1) is 17.0. The van der Waals surface area contributed by atoms with E-state index in [0.717, 1.165) is 31.5 Å². The lowest BCUT2D eigenvalue weighted by atomic mass is 10.1. The molecular formula is C18H25N3O2S. The van der Waals surface area contributed by atoms with Gasteiger partial charge in [0.05, 0.1) is 6.04 Å². The standard InChI is InChI=1S/C18H25N3O2S/c1-14-13-24-18(23)20(14)12-9-17(22)21-11-5-3-4-7-16(21)15-8-6-10-19(15)2/h6,8,10,13,16H,3-5,7,9,11-12H2,1-2H3/t16-/m1/s1. The number of amides is 1. The predicted molar refractivity (Wildman–Crippen MR) is 96.3 cm³/mol. The quantitative estimate of drug-likeness (QED) is 0.853. The van der Waals surface area contributed by atoms with Crippen molar-refractivity contribution in [2.24, 2.45) is 7.05 Å². The average Bonchev–Trinajstić information content (AvgIpc) is 3.02. The number of nitrogens with zero attached hydrogens (tertiary/aromatic N) is 3. The third kappa shape index (κ3) is 3.48. The third-order valence-corrected chi connectivity index (χ3v) is 5.81. The predicted octanol–water partition coefficient (Wildman–Crippen LogP) is 3.09. The summed E-state index contributed by atoms with van der Waals surface area (Å²) in [6, 6.07) is 4.31. The van der Waals surface area contributed by atoms with Crippen molar-refractivity contribution in [2.45, 2.75) is 51.6 Å². The second-order valence-corrected chi connectivity index (χ2v) is 7.36. The Bertz CT molecular complexity index is 758. The van der Waals surface area contributed by atoms with Crippen molar-refractivity contribution >= 4 is 17.2 Å². The smallest absolute Gasteiger partial charge is 0.307 e. The molecule has 1 amide bonds. The number of hydrogen-bond donors (Lipinski definition) is 0. The second-order valence-electron chi connectivity index (χ2n) is 6.54. The van der Waals surface area contributed by atoms with Gasteiger partial charge in [0.15, 0.2) is 0 Å². The molecule has 0 spiro atoms. The van der Waals surface area contributed by atoms with Gasteiger partial charge in [0.25, 0.3) is 0 Å². The van der Waals surface area contributed by atoms with Crippen LogP contribution in [0.2, 0.25) is 0 Å². The molecule has 1 saturated heterocycles. The van der Waals surface area contributed by atoms with Gasteiger partial charge in [-0.3, -0.25) is 9.59 Å². The fourth-order valence-corrected chi connectivity index (χ4v) is 4.32. The van der Waals surface area contributed by atoms with Crippen LogP contribution < -0.4 is 4.87 Å². The summed E-state index contributed by atoms with van der Waals surface area (Å²) in [6.07, 6.45) is 6.83. The van der Waals surface area contributed by atoms with Crippen LogP contribution >= 0.6 is 11.3 Å². The van der Waals surface area contributed by atoms with E-state index in [9.17, 15) is 9.59 Å². The molecule has 6 heteroatoms. The number of carbonyl (C=O) groups excluding carboxylic acids is 1. The van der Waals surface area contributed by atoms with E-state index in [1.165, 1.54) is 23.5 Å². The largest absolute Gasteiger partial charge is 0.353 e. The lowest BCUT2D eigenvalue weighted by Crippen LogP contribution is -2.36. The molecule has 130 valence electrons. The first-order chi connectivity index (χ1) is 11.6. The van der Waals surface area contributed by atoms with Crippen molar-refractivity contribution in [1.82, 2.24) is 14.0 Å². The van der Waals surface area contributed by atoms with Gasteiger partial charge in [-0.15, -0.1) is 0 Å². The van der Waals surface area contributed by atoms with Crippen LogP contribution in [0.25, 0.3) is 0 Å². The van der Waals surface area contributed by atoms with Crippen LogP contribution in [0, 0.1) is 6.92 Å². The van der Waals surface area contributed by atoms with Crippen LogP contribution in [0.4, 0.5) is 0 Å². The summed E-state index contributed by atoms with van der Waals surface area (Å²) in [5.41, 5.74) is 2.14. The van der Waals surface area contributed by atoms with Gasteiger partial charge >= 0.3 is 4.87 Å². The molecule has 1 aliphatic heterocycles. The Kier molecular flexibility index (Phi) is 5.23. The van der Waals surface area contributed by atoms with Gasteiger partial charge in [0.1, 0.15) is 0 Å². The highest BCUT2D eigenvalue weighted by Crippen LogP contribution is 2.30. The van der Waals surface area contributed by atoms with E-state index in [2.05, 4.69) is 10.6 Å². The summed E-state index contributed by atoms with van der Waals surface area (Å²) >= 11 is 1.20. The van der Waals surface area contributed by atoms with Crippen LogP contribution in [0.1, 0.15) is 49.5 Å². The van der Waals surface area contributed by atoms with E-state index in [-0.39, 0.29) is 16.8 Å². The molecule has 5 nitrogen and oxygen atoms in total. The Morgan fingerprint density at radius 3 is 2.83 bits per heavy atom. The molecule has 2 aromatic heterocycles. The summed E-state index contributed by atoms with van der Waals surface area (Å²) in [4.78, 5) is 26.8. The van der Waals surface area contributed by atoms with Gasteiger partial charge in [-0.1, -0.05) is 24.2 Å². The zero-order valence-corrected chi connectivity index (χ0v) is 15.2. The zero-order valence-electron chi connectivity index (χ0n) is 14.4. The summed E-state index contributed by atoms with van der Waals surface area (Å²) < 4.78 is 3.82. The SMILES string of the molecule is Cc1csc(=O)n1CCC(=O)N1CCCCC[C@@H]1c1cccn1C. The van der Waals surface area contributed by atoms with Gasteiger partial charge in [-0.25, -0.2) is 0 Å². The highest BCUT2D eigenvalue weighted by Gasteiger charge is 2.28. The number of hydrogen-bond acceptors (Lipinski definition) is 3. The monoisotopic (exact) mass is 347 g/mol. The highest BCUT2D eigenvalue weighted by atomic mass is 32.1. The van der Waals surface area contributed by atoms with Crippen LogP contribution in [0.5, 0.6) is 0 Å². The number of aromatic nitrogens is 2. The highest BCUT2D eigenvalue weighted by molar-refractivity contribution is 7.07. The van der Waals surface area contributed by atoms with Gasteiger partial charge < -0.3 is 14.0 Å². The van der Waals surface area contributed by atoms with Gasteiger partial charge in [0, 0.05) is 49.5 Å². The summed E-state index contributed by atoms with van der Waals surface area (Å²) in [7, 11) is 2.04. The third-order valence-electron chi connectivity index (χ3n) is 4.92. The Labute approximate surface area is 146 Å². The zero-order chi connectivity index (χ0) is 17.1. The van der Waals surface area contributed by atoms with E-state index >= 15 is 0 Å². The van der Waals surface area contributed by atoms with Gasteiger partial charge in [-0.2, -0.15) is 0 Å². The first-order valence-electron chi connectivity index (χ1n) is 8.63. The fourth-order valence-electron chi connectivity index (χ4n) is 3.56. The van der Waals surface area contributed by atoms with Crippen LogP contribution in [-0.4, -0.2) is 26.5 Å². The number of thiazole rings is 1. The number of aryl methyl sites for hydroxylation is 2. The number of carbonyl (C=O) groups is 1. The van der Waals surface area contributed by atoms with Crippen LogP contribution in [0.15, 0.2) is 28.5 Å². The lowest BCUT2D eigenvalue weighted by molar-refractivity contribution is -0.134. The number of rotatable bonds is 4. The van der Waals surface area contributed by atoms with Gasteiger partial charge in [-0.05, 0) is 31.9 Å². The Balaban J connectivity index is 1.75. The van der Waals surface area contributed by atoms with Crippen molar-refractivity contribution in [3.05, 3.63) is 44.8 Å². The molecule has 0 aromatic carbocycles. The molecule has 3 heterocycles. The maximum absolute atomic E-state index is 12.9. The molecule has 1 fully saturated rings. The Morgan fingerprint density at radius 1 is 1.33 bits per heavy atom. The molecule has 0 radical (unpaired) electrons. The van der Waals surface area contributed by atoms with E-state index in [4.69, 9.17) is 0 Å². The molecule has 1 atom stereocenters. The minimum Gasteiger partial charge on any atom is -0.353 e. The van der Waals surface area contributed by atoms with Crippen molar-refractivity contribution in [2.75, 3.05) is 6.54 Å². The normalized spacial score (nSPS) is 18.6. The minimum absolute atomic E-state index is 0.0233. The van der Waals surface area contributed by atoms with Crippen molar-refractivity contribution in [3.63, 3.8) is 0 Å². The molecule has 1 aliphatic rings. The molecule has 0 unspecified atom stereocenters. The molecule has 3 rings (SSSR count). The number of likely N-dealkylation sites (tertiary alicyclic amines) is 1. The van der Waals surface area contributed by atoms with E-state index in [0.29, 0.717) is 13.0 Å². The topological polar surface area (TPSA) is 47.2 Å². The van der Waals surface area contributed by atoms with E-state index in [1.54, 1.807) is 4.57 Å². The molecule has 0 N–H and O–H groups in total. The molecular weight excluding hydrogens is 322 g/mol. The second kappa shape index (κ2) is 7.38. The molecule has 0 saturated carbocycles. The lowest BCUT2D eigenvalue weighted by Gasteiger charge is -2.31. The molecule has 24 heavy (non-hydrogen) atoms. The van der Waals surface area contributed by atoms with E-state index in [1.807, 2.05) is 36.5 Å². The Hall–Kier alpha value is -1.82. The summed E-state index contributed by atoms with van der Waals surface area (Å²) in [5.74, 6) is 0.153. The summed E-state index contributed by atoms with van der Waals surface area (Å²) in [6.45, 7) is 3.20. The van der Waals surface area contributed by atoms with Crippen LogP contribution in [0.3, 0.4) is 0 Å². The average molecular weight is 347 g/mol.